The molecule has 0 fully saturated rings. The van der Waals surface area contributed by atoms with Crippen molar-refractivity contribution < 1.29 is 4.74 Å². The summed E-state index contributed by atoms with van der Waals surface area (Å²) in [5, 5.41) is 3.35. The van der Waals surface area contributed by atoms with E-state index in [1.54, 1.807) is 0 Å². The SMILES string of the molecule is CCCCOc1cc(NCCN(C)C)nc(C(C)(C)C)n1. The quantitative estimate of drug-likeness (QED) is 0.747. The van der Waals surface area contributed by atoms with Crippen LogP contribution in [-0.2, 0) is 5.41 Å². The van der Waals surface area contributed by atoms with Crippen LogP contribution in [0.15, 0.2) is 6.07 Å². The van der Waals surface area contributed by atoms with Crippen LogP contribution in [0.3, 0.4) is 0 Å². The van der Waals surface area contributed by atoms with Crippen LogP contribution in [-0.4, -0.2) is 48.7 Å². The summed E-state index contributed by atoms with van der Waals surface area (Å²) in [5.41, 5.74) is -0.0951. The topological polar surface area (TPSA) is 50.3 Å². The van der Waals surface area contributed by atoms with E-state index in [2.05, 4.69) is 62.0 Å². The van der Waals surface area contributed by atoms with Crippen LogP contribution in [0, 0.1) is 0 Å². The van der Waals surface area contributed by atoms with Gasteiger partial charge in [0.25, 0.3) is 0 Å². The van der Waals surface area contributed by atoms with Gasteiger partial charge in [0.15, 0.2) is 0 Å². The highest BCUT2D eigenvalue weighted by Crippen LogP contribution is 2.23. The van der Waals surface area contributed by atoms with Crippen molar-refractivity contribution in [1.82, 2.24) is 14.9 Å². The van der Waals surface area contributed by atoms with E-state index in [1.165, 1.54) is 0 Å². The molecule has 0 unspecified atom stereocenters. The number of anilines is 1. The molecule has 0 spiro atoms. The number of likely N-dealkylation sites (N-methyl/N-ethyl adjacent to an activating group) is 1. The van der Waals surface area contributed by atoms with E-state index in [-0.39, 0.29) is 5.41 Å². The number of hydrogen-bond donors (Lipinski definition) is 1. The third-order valence-corrected chi connectivity index (χ3v) is 2.99. The minimum atomic E-state index is -0.0951. The molecule has 5 nitrogen and oxygen atoms in total. The van der Waals surface area contributed by atoms with E-state index >= 15 is 0 Å². The molecule has 1 aromatic rings. The molecular formula is C16H30N4O. The number of ether oxygens (including phenoxy) is 1. The second-order valence-corrected chi connectivity index (χ2v) is 6.60. The van der Waals surface area contributed by atoms with E-state index in [0.29, 0.717) is 12.5 Å². The Bertz CT molecular complexity index is 427. The van der Waals surface area contributed by atoms with Crippen molar-refractivity contribution in [2.45, 2.75) is 46.0 Å². The third kappa shape index (κ3) is 6.76. The molecule has 120 valence electrons. The first-order valence-corrected chi connectivity index (χ1v) is 7.74. The zero-order chi connectivity index (χ0) is 15.9. The molecule has 1 rings (SSSR count). The number of nitrogens with zero attached hydrogens (tertiary/aromatic N) is 3. The van der Waals surface area contributed by atoms with Crippen LogP contribution < -0.4 is 10.1 Å². The molecule has 1 N–H and O–H groups in total. The second-order valence-electron chi connectivity index (χ2n) is 6.60. The van der Waals surface area contributed by atoms with Gasteiger partial charge in [-0.15, -0.1) is 0 Å². The lowest BCUT2D eigenvalue weighted by Gasteiger charge is -2.19. The fourth-order valence-corrected chi connectivity index (χ4v) is 1.65. The van der Waals surface area contributed by atoms with E-state index in [9.17, 15) is 0 Å². The van der Waals surface area contributed by atoms with Gasteiger partial charge >= 0.3 is 0 Å². The molecule has 5 heteroatoms. The van der Waals surface area contributed by atoms with Gasteiger partial charge in [0.05, 0.1) is 6.61 Å². The summed E-state index contributed by atoms with van der Waals surface area (Å²) in [6.45, 7) is 11.0. The van der Waals surface area contributed by atoms with Crippen molar-refractivity contribution in [3.63, 3.8) is 0 Å². The van der Waals surface area contributed by atoms with Crippen LogP contribution in [0.2, 0.25) is 0 Å². The van der Waals surface area contributed by atoms with E-state index in [0.717, 1.165) is 37.6 Å². The van der Waals surface area contributed by atoms with Crippen LogP contribution >= 0.6 is 0 Å². The standard InChI is InChI=1S/C16H30N4O/c1-7-8-11-21-14-12-13(17-9-10-20(5)6)18-15(19-14)16(2,3)4/h12H,7-11H2,1-6H3,(H,17,18,19). The number of rotatable bonds is 8. The Morgan fingerprint density at radius 1 is 1.24 bits per heavy atom. The van der Waals surface area contributed by atoms with Crippen molar-refractivity contribution in [1.29, 1.82) is 0 Å². The molecule has 0 saturated carbocycles. The van der Waals surface area contributed by atoms with Gasteiger partial charge in [0.1, 0.15) is 11.6 Å². The largest absolute Gasteiger partial charge is 0.478 e. The van der Waals surface area contributed by atoms with E-state index in [4.69, 9.17) is 4.74 Å². The second kappa shape index (κ2) is 8.17. The van der Waals surface area contributed by atoms with Crippen molar-refractivity contribution in [3.05, 3.63) is 11.9 Å². The van der Waals surface area contributed by atoms with Gasteiger partial charge in [-0.2, -0.15) is 4.98 Å². The fourth-order valence-electron chi connectivity index (χ4n) is 1.65. The van der Waals surface area contributed by atoms with Crippen LogP contribution in [0.1, 0.15) is 46.4 Å². The molecule has 0 aromatic carbocycles. The Balaban J connectivity index is 2.82. The van der Waals surface area contributed by atoms with Crippen LogP contribution in [0.25, 0.3) is 0 Å². The Morgan fingerprint density at radius 2 is 1.95 bits per heavy atom. The first kappa shape index (κ1) is 17.7. The molecule has 21 heavy (non-hydrogen) atoms. The zero-order valence-electron chi connectivity index (χ0n) is 14.4. The predicted octanol–water partition coefficient (Wildman–Crippen LogP) is 2.93. The molecule has 1 heterocycles. The first-order valence-electron chi connectivity index (χ1n) is 7.74. The summed E-state index contributed by atoms with van der Waals surface area (Å²) in [5.74, 6) is 2.31. The van der Waals surface area contributed by atoms with Crippen LogP contribution in [0.5, 0.6) is 5.88 Å². The fraction of sp³-hybridized carbons (Fsp3) is 0.750. The number of unbranched alkanes of at least 4 members (excludes halogenated alkanes) is 1. The molecule has 0 atom stereocenters. The van der Waals surface area contributed by atoms with Gasteiger partial charge in [-0.3, -0.25) is 0 Å². The normalized spacial score (nSPS) is 11.8. The van der Waals surface area contributed by atoms with Crippen LogP contribution in [0.4, 0.5) is 5.82 Å². The minimum Gasteiger partial charge on any atom is -0.478 e. The molecule has 0 aliphatic rings. The first-order chi connectivity index (χ1) is 9.82. The lowest BCUT2D eigenvalue weighted by molar-refractivity contribution is 0.294. The van der Waals surface area contributed by atoms with Crippen molar-refractivity contribution in [2.75, 3.05) is 39.1 Å². The monoisotopic (exact) mass is 294 g/mol. The maximum absolute atomic E-state index is 5.75. The lowest BCUT2D eigenvalue weighted by atomic mass is 9.96. The summed E-state index contributed by atoms with van der Waals surface area (Å²) in [6.07, 6.45) is 2.16. The summed E-state index contributed by atoms with van der Waals surface area (Å²) in [7, 11) is 4.11. The molecule has 1 aromatic heterocycles. The van der Waals surface area contributed by atoms with Crippen molar-refractivity contribution in [2.24, 2.45) is 0 Å². The molecule has 0 radical (unpaired) electrons. The van der Waals surface area contributed by atoms with Gasteiger partial charge in [-0.1, -0.05) is 34.1 Å². The highest BCUT2D eigenvalue weighted by atomic mass is 16.5. The summed E-state index contributed by atoms with van der Waals surface area (Å²) in [4.78, 5) is 11.3. The van der Waals surface area contributed by atoms with Gasteiger partial charge in [0, 0.05) is 24.6 Å². The summed E-state index contributed by atoms with van der Waals surface area (Å²) >= 11 is 0. The maximum atomic E-state index is 5.75. The van der Waals surface area contributed by atoms with Gasteiger partial charge in [-0.05, 0) is 20.5 Å². The van der Waals surface area contributed by atoms with E-state index in [1.807, 2.05) is 6.07 Å². The third-order valence-electron chi connectivity index (χ3n) is 2.99. The highest BCUT2D eigenvalue weighted by molar-refractivity contribution is 5.39. The van der Waals surface area contributed by atoms with Gasteiger partial charge in [-0.25, -0.2) is 4.98 Å². The average molecular weight is 294 g/mol. The molecule has 0 bridgehead atoms. The van der Waals surface area contributed by atoms with Crippen molar-refractivity contribution >= 4 is 5.82 Å². The Hall–Kier alpha value is -1.36. The summed E-state index contributed by atoms with van der Waals surface area (Å²) < 4.78 is 5.75. The molecule has 0 aliphatic carbocycles. The predicted molar refractivity (Wildman–Crippen MR) is 88.2 cm³/mol. The number of aromatic nitrogens is 2. The minimum absolute atomic E-state index is 0.0951. The van der Waals surface area contributed by atoms with Gasteiger partial charge < -0.3 is 15.0 Å². The highest BCUT2D eigenvalue weighted by Gasteiger charge is 2.19. The lowest BCUT2D eigenvalue weighted by Crippen LogP contribution is -2.22. The Kier molecular flexibility index (Phi) is 6.89. The van der Waals surface area contributed by atoms with E-state index < -0.39 is 0 Å². The molecule has 0 amide bonds. The molecule has 0 aliphatic heterocycles. The van der Waals surface area contributed by atoms with Gasteiger partial charge in [0.2, 0.25) is 5.88 Å². The van der Waals surface area contributed by atoms with Crippen molar-refractivity contribution in [3.8, 4) is 5.88 Å². The smallest absolute Gasteiger partial charge is 0.218 e. The number of hydrogen-bond acceptors (Lipinski definition) is 5. The Morgan fingerprint density at radius 3 is 2.52 bits per heavy atom. The molecule has 0 saturated heterocycles. The Labute approximate surface area is 129 Å². The summed E-state index contributed by atoms with van der Waals surface area (Å²) in [6, 6.07) is 1.89. The number of nitrogens with one attached hydrogen (secondary N) is 1. The molecular weight excluding hydrogens is 264 g/mol. The maximum Gasteiger partial charge on any atom is 0.218 e. The zero-order valence-corrected chi connectivity index (χ0v) is 14.4. The average Bonchev–Trinajstić information content (AvgIpc) is 2.37.